The highest BCUT2D eigenvalue weighted by Crippen LogP contribution is 2.35. The molecule has 2 nitrogen and oxygen atoms in total. The van der Waals surface area contributed by atoms with E-state index in [2.05, 4.69) is 97.1 Å². The van der Waals surface area contributed by atoms with Crippen LogP contribution in [-0.2, 0) is 0 Å². The van der Waals surface area contributed by atoms with Gasteiger partial charge in [0, 0.05) is 13.1 Å². The maximum Gasteiger partial charge on any atom is 0.00461 e. The Hall–Kier alpha value is -3.20. The quantitative estimate of drug-likeness (QED) is 0.394. The topological polar surface area (TPSA) is 52.0 Å². The molecule has 0 atom stereocenters. The monoisotopic (exact) mass is 364 g/mol. The second-order valence-electron chi connectivity index (χ2n) is 6.83. The molecule has 0 unspecified atom stereocenters. The van der Waals surface area contributed by atoms with Gasteiger partial charge >= 0.3 is 0 Å². The first kappa shape index (κ1) is 18.2. The summed E-state index contributed by atoms with van der Waals surface area (Å²) in [5, 5.41) is 7.78. The van der Waals surface area contributed by atoms with Crippen LogP contribution in [0, 0.1) is 0 Å². The molecule has 0 aliphatic heterocycles. The van der Waals surface area contributed by atoms with Gasteiger partial charge < -0.3 is 11.5 Å². The van der Waals surface area contributed by atoms with Crippen LogP contribution in [0.5, 0.6) is 0 Å². The minimum atomic E-state index is 0.597. The van der Waals surface area contributed by atoms with Crippen LogP contribution < -0.4 is 11.5 Å². The van der Waals surface area contributed by atoms with Crippen molar-refractivity contribution in [3.05, 3.63) is 97.1 Å². The second kappa shape index (κ2) is 8.22. The lowest BCUT2D eigenvalue weighted by atomic mass is 9.92. The van der Waals surface area contributed by atoms with Gasteiger partial charge in [0.05, 0.1) is 0 Å². The molecule has 0 amide bonds. The van der Waals surface area contributed by atoms with Gasteiger partial charge in [0.25, 0.3) is 0 Å². The first-order valence-electron chi connectivity index (χ1n) is 9.61. The fourth-order valence-corrected chi connectivity index (χ4v) is 3.66. The number of hydrogen-bond acceptors (Lipinski definition) is 2. The Morgan fingerprint density at radius 3 is 1.61 bits per heavy atom. The van der Waals surface area contributed by atoms with E-state index in [0.29, 0.717) is 13.1 Å². The van der Waals surface area contributed by atoms with Crippen molar-refractivity contribution in [1.82, 2.24) is 0 Å². The molecule has 0 heterocycles. The molecular weight excluding hydrogens is 340 g/mol. The molecule has 0 aliphatic carbocycles. The minimum Gasteiger partial charge on any atom is -0.329 e. The SMILES string of the molecule is NCCN.c1ccc2cc3c(-c4cccc5ccccc45)cccc3cc2c1. The van der Waals surface area contributed by atoms with Crippen molar-refractivity contribution >= 4 is 32.3 Å². The molecule has 0 spiro atoms. The third-order valence-electron chi connectivity index (χ3n) is 4.99. The van der Waals surface area contributed by atoms with Gasteiger partial charge in [-0.2, -0.15) is 0 Å². The van der Waals surface area contributed by atoms with Gasteiger partial charge in [0.2, 0.25) is 0 Å². The zero-order valence-electron chi connectivity index (χ0n) is 15.8. The van der Waals surface area contributed by atoms with E-state index < -0.39 is 0 Å². The van der Waals surface area contributed by atoms with Crippen molar-refractivity contribution in [3.63, 3.8) is 0 Å². The molecule has 0 fully saturated rings. The summed E-state index contributed by atoms with van der Waals surface area (Å²) >= 11 is 0. The molecule has 0 aromatic heterocycles. The predicted molar refractivity (Wildman–Crippen MR) is 123 cm³/mol. The lowest BCUT2D eigenvalue weighted by Gasteiger charge is -2.11. The van der Waals surface area contributed by atoms with Crippen LogP contribution in [0.3, 0.4) is 0 Å². The Morgan fingerprint density at radius 2 is 0.929 bits per heavy atom. The Morgan fingerprint density at radius 1 is 0.429 bits per heavy atom. The van der Waals surface area contributed by atoms with Gasteiger partial charge in [-0.05, 0) is 55.6 Å². The molecular formula is C26H24N2. The van der Waals surface area contributed by atoms with Crippen LogP contribution in [0.25, 0.3) is 43.4 Å². The first-order valence-corrected chi connectivity index (χ1v) is 9.61. The van der Waals surface area contributed by atoms with Crippen LogP contribution in [-0.4, -0.2) is 13.1 Å². The van der Waals surface area contributed by atoms with Crippen molar-refractivity contribution in [2.24, 2.45) is 11.5 Å². The molecule has 4 N–H and O–H groups in total. The number of hydrogen-bond donors (Lipinski definition) is 2. The van der Waals surface area contributed by atoms with Gasteiger partial charge in [0.1, 0.15) is 0 Å². The lowest BCUT2D eigenvalue weighted by Crippen LogP contribution is -2.11. The summed E-state index contributed by atoms with van der Waals surface area (Å²) in [4.78, 5) is 0. The average Bonchev–Trinajstić information content (AvgIpc) is 2.77. The molecule has 2 heteroatoms. The summed E-state index contributed by atoms with van der Waals surface area (Å²) in [6.07, 6.45) is 0. The van der Waals surface area contributed by atoms with E-state index in [4.69, 9.17) is 11.5 Å². The molecule has 0 radical (unpaired) electrons. The molecule has 0 aliphatic rings. The van der Waals surface area contributed by atoms with Crippen molar-refractivity contribution < 1.29 is 0 Å². The second-order valence-corrected chi connectivity index (χ2v) is 6.83. The highest BCUT2D eigenvalue weighted by molar-refractivity contribution is 6.09. The van der Waals surface area contributed by atoms with Crippen LogP contribution in [0.1, 0.15) is 0 Å². The highest BCUT2D eigenvalue weighted by Gasteiger charge is 2.08. The van der Waals surface area contributed by atoms with E-state index in [9.17, 15) is 0 Å². The van der Waals surface area contributed by atoms with Gasteiger partial charge in [0.15, 0.2) is 0 Å². The summed E-state index contributed by atoms with van der Waals surface area (Å²) in [6.45, 7) is 1.19. The molecule has 138 valence electrons. The molecule has 28 heavy (non-hydrogen) atoms. The van der Waals surface area contributed by atoms with Gasteiger partial charge in [-0.1, -0.05) is 84.9 Å². The Kier molecular flexibility index (Phi) is 5.34. The Bertz CT molecular complexity index is 1230. The minimum absolute atomic E-state index is 0.597. The van der Waals surface area contributed by atoms with Crippen LogP contribution in [0.2, 0.25) is 0 Å². The van der Waals surface area contributed by atoms with Crippen LogP contribution >= 0.6 is 0 Å². The molecule has 0 saturated carbocycles. The van der Waals surface area contributed by atoms with E-state index >= 15 is 0 Å². The summed E-state index contributed by atoms with van der Waals surface area (Å²) in [5.74, 6) is 0. The summed E-state index contributed by atoms with van der Waals surface area (Å²) in [7, 11) is 0. The molecule has 0 bridgehead atoms. The maximum absolute atomic E-state index is 4.90. The lowest BCUT2D eigenvalue weighted by molar-refractivity contribution is 0.976. The normalized spacial score (nSPS) is 10.8. The number of rotatable bonds is 2. The Labute approximate surface area is 165 Å². The van der Waals surface area contributed by atoms with Gasteiger partial charge in [-0.15, -0.1) is 0 Å². The molecule has 0 saturated heterocycles. The zero-order valence-corrected chi connectivity index (χ0v) is 15.8. The maximum atomic E-state index is 4.90. The number of nitrogens with two attached hydrogens (primary N) is 2. The highest BCUT2D eigenvalue weighted by atomic mass is 14.6. The largest absolute Gasteiger partial charge is 0.329 e. The van der Waals surface area contributed by atoms with Crippen LogP contribution in [0.15, 0.2) is 97.1 Å². The van der Waals surface area contributed by atoms with Crippen molar-refractivity contribution in [2.45, 2.75) is 0 Å². The fraction of sp³-hybridized carbons (Fsp3) is 0.0769. The third kappa shape index (κ3) is 3.48. The first-order chi connectivity index (χ1) is 13.8. The summed E-state index contributed by atoms with van der Waals surface area (Å²) < 4.78 is 0. The van der Waals surface area contributed by atoms with Gasteiger partial charge in [-0.3, -0.25) is 0 Å². The molecule has 5 rings (SSSR count). The van der Waals surface area contributed by atoms with Gasteiger partial charge in [-0.25, -0.2) is 0 Å². The smallest absolute Gasteiger partial charge is 0.00461 e. The third-order valence-corrected chi connectivity index (χ3v) is 4.99. The zero-order chi connectivity index (χ0) is 19.3. The van der Waals surface area contributed by atoms with E-state index in [1.165, 1.54) is 43.4 Å². The predicted octanol–water partition coefficient (Wildman–Crippen LogP) is 5.72. The van der Waals surface area contributed by atoms with E-state index in [1.807, 2.05) is 0 Å². The molecule has 5 aromatic carbocycles. The van der Waals surface area contributed by atoms with Crippen molar-refractivity contribution in [3.8, 4) is 11.1 Å². The van der Waals surface area contributed by atoms with E-state index in [1.54, 1.807) is 0 Å². The summed E-state index contributed by atoms with van der Waals surface area (Å²) in [5.41, 5.74) is 12.4. The van der Waals surface area contributed by atoms with E-state index in [-0.39, 0.29) is 0 Å². The standard InChI is InChI=1S/C24H16.C2H8N2/c1-2-9-19-16-24-20(15-18(19)8-1)11-6-14-23(24)22-13-5-10-17-7-3-4-12-21(17)22;3-1-2-4/h1-16H;1-4H2. The fourth-order valence-electron chi connectivity index (χ4n) is 3.66. The number of fused-ring (bicyclic) bond motifs is 3. The molecule has 5 aromatic rings. The van der Waals surface area contributed by atoms with E-state index in [0.717, 1.165) is 0 Å². The Balaban J connectivity index is 0.000000442. The van der Waals surface area contributed by atoms with Crippen LogP contribution in [0.4, 0.5) is 0 Å². The number of benzene rings is 5. The van der Waals surface area contributed by atoms with Crippen molar-refractivity contribution in [2.75, 3.05) is 13.1 Å². The summed E-state index contributed by atoms with van der Waals surface area (Å²) in [6, 6.07) is 35.0. The average molecular weight is 364 g/mol. The van der Waals surface area contributed by atoms with Crippen molar-refractivity contribution in [1.29, 1.82) is 0 Å².